The van der Waals surface area contributed by atoms with Crippen molar-refractivity contribution in [2.45, 2.75) is 322 Å². The lowest BCUT2D eigenvalue weighted by Crippen LogP contribution is -2.30. The number of phosphoric acid groups is 2. The van der Waals surface area contributed by atoms with E-state index in [1.807, 2.05) is 0 Å². The van der Waals surface area contributed by atoms with Gasteiger partial charge in [0.1, 0.15) is 25.4 Å². The van der Waals surface area contributed by atoms with Crippen LogP contribution in [-0.2, 0) is 55.8 Å². The average molecular weight is 1350 g/mol. The van der Waals surface area contributed by atoms with Crippen LogP contribution in [0.25, 0.3) is 0 Å². The SMILES string of the molecule is CC/C=C\C/C=C\C/C=C\C/C=C\C/C=C\C/C=C\CCCCCCCCCCCCC(=O)OCC(O)COP(=O)(O)OCC(O)COP(=O)(O)OCC(COC(=O)CCCCCCCCCCCCCCCCC)OC(=O)CCCCCCC/C=C\C/C=C\CCC. The maximum absolute atomic E-state index is 12.9. The zero-order valence-corrected chi connectivity index (χ0v) is 60.2. The summed E-state index contributed by atoms with van der Waals surface area (Å²) in [6, 6.07) is 0. The smallest absolute Gasteiger partial charge is 0.463 e. The van der Waals surface area contributed by atoms with Gasteiger partial charge in [0.2, 0.25) is 0 Å². The van der Waals surface area contributed by atoms with Gasteiger partial charge < -0.3 is 34.2 Å². The third-order valence-electron chi connectivity index (χ3n) is 15.3. The van der Waals surface area contributed by atoms with Gasteiger partial charge in [-0.3, -0.25) is 32.5 Å². The Kier molecular flexibility index (Phi) is 65.8. The number of phosphoric ester groups is 2. The first-order chi connectivity index (χ1) is 45.2. The van der Waals surface area contributed by atoms with Crippen molar-refractivity contribution in [3.8, 4) is 0 Å². The highest BCUT2D eigenvalue weighted by molar-refractivity contribution is 7.47. The molecule has 0 aliphatic rings. The Hall–Kier alpha value is -3.53. The maximum Gasteiger partial charge on any atom is 0.472 e. The first-order valence-electron chi connectivity index (χ1n) is 36.5. The second-order valence-electron chi connectivity index (χ2n) is 24.4. The van der Waals surface area contributed by atoms with Crippen molar-refractivity contribution in [2.75, 3.05) is 39.6 Å². The summed E-state index contributed by atoms with van der Waals surface area (Å²) in [5.41, 5.74) is 0. The zero-order chi connectivity index (χ0) is 68.1. The molecule has 0 aromatic carbocycles. The maximum atomic E-state index is 12.9. The van der Waals surface area contributed by atoms with E-state index in [0.29, 0.717) is 19.3 Å². The van der Waals surface area contributed by atoms with Gasteiger partial charge in [-0.25, -0.2) is 9.13 Å². The minimum atomic E-state index is -4.92. The van der Waals surface area contributed by atoms with Crippen LogP contribution in [0.5, 0.6) is 0 Å². The van der Waals surface area contributed by atoms with Crippen LogP contribution in [0, 0.1) is 0 Å². The van der Waals surface area contributed by atoms with Crippen LogP contribution in [0.4, 0.5) is 0 Å². The Morgan fingerprint density at radius 2 is 0.591 bits per heavy atom. The summed E-state index contributed by atoms with van der Waals surface area (Å²) < 4.78 is 60.9. The summed E-state index contributed by atoms with van der Waals surface area (Å²) in [5, 5.41) is 20.6. The molecule has 538 valence electrons. The lowest BCUT2D eigenvalue weighted by Gasteiger charge is -2.21. The summed E-state index contributed by atoms with van der Waals surface area (Å²) in [4.78, 5) is 58.4. The number of hydrogen-bond donors (Lipinski definition) is 4. The Balaban J connectivity index is 4.46. The molecule has 0 heterocycles. The Morgan fingerprint density at radius 1 is 0.312 bits per heavy atom. The van der Waals surface area contributed by atoms with Gasteiger partial charge >= 0.3 is 33.6 Å². The van der Waals surface area contributed by atoms with Gasteiger partial charge in [0, 0.05) is 19.3 Å². The van der Waals surface area contributed by atoms with Crippen molar-refractivity contribution in [3.63, 3.8) is 0 Å². The molecule has 4 N–H and O–H groups in total. The minimum absolute atomic E-state index is 0.0910. The second-order valence-corrected chi connectivity index (χ2v) is 27.3. The lowest BCUT2D eigenvalue weighted by atomic mass is 10.0. The van der Waals surface area contributed by atoms with Crippen LogP contribution in [0.15, 0.2) is 97.2 Å². The highest BCUT2D eigenvalue weighted by atomic mass is 31.2. The molecule has 0 rings (SSSR count). The molecular weight excluding hydrogens is 1220 g/mol. The standard InChI is InChI=1S/C75H132O16P2/c1-4-7-10-13-16-19-22-25-27-28-29-30-31-32-33-34-35-36-37-38-39-40-42-45-46-49-52-55-58-61-73(78)85-64-70(76)65-87-92(81,82)88-66-71(77)67-89-93(83,84)90-69-72(91-75(80)63-60-57-54-51-48-43-24-21-18-15-12-9-6-3)68-86-74(79)62-59-56-53-50-47-44-41-26-23-20-17-14-11-8-5-2/h7,10,12,15-16,19,21,24-25,27,29-30,32-33,35-36,70-72,76-77H,4-6,8-9,11,13-14,17-18,20,22-23,26,28,31,34,37-69H2,1-3H3,(H,81,82)(H,83,84)/b10-7-,15-12-,19-16-,24-21-,27-25-,30-29-,33-32-,36-35-. The van der Waals surface area contributed by atoms with Crippen LogP contribution in [0.3, 0.4) is 0 Å². The number of allylic oxidation sites excluding steroid dienone is 16. The van der Waals surface area contributed by atoms with E-state index in [0.717, 1.165) is 141 Å². The fourth-order valence-electron chi connectivity index (χ4n) is 9.73. The molecule has 0 aromatic heterocycles. The second kappa shape index (κ2) is 68.4. The molecule has 0 saturated carbocycles. The van der Waals surface area contributed by atoms with Crippen LogP contribution in [-0.4, -0.2) is 95.9 Å². The monoisotopic (exact) mass is 1350 g/mol. The van der Waals surface area contributed by atoms with Crippen molar-refractivity contribution in [3.05, 3.63) is 97.2 Å². The zero-order valence-electron chi connectivity index (χ0n) is 58.4. The van der Waals surface area contributed by atoms with Gasteiger partial charge in [0.15, 0.2) is 6.10 Å². The molecule has 0 amide bonds. The Morgan fingerprint density at radius 3 is 0.946 bits per heavy atom. The van der Waals surface area contributed by atoms with Crippen molar-refractivity contribution in [1.82, 2.24) is 0 Å². The number of ether oxygens (including phenoxy) is 3. The fourth-order valence-corrected chi connectivity index (χ4v) is 11.3. The fraction of sp³-hybridized carbons (Fsp3) is 0.747. The largest absolute Gasteiger partial charge is 0.472 e. The number of rotatable bonds is 69. The van der Waals surface area contributed by atoms with Crippen molar-refractivity contribution < 1.29 is 75.8 Å². The molecule has 0 aliphatic heterocycles. The van der Waals surface area contributed by atoms with Crippen LogP contribution < -0.4 is 0 Å². The number of aliphatic hydroxyl groups is 2. The highest BCUT2D eigenvalue weighted by Gasteiger charge is 2.29. The molecule has 0 spiro atoms. The van der Waals surface area contributed by atoms with E-state index in [1.165, 1.54) is 103 Å². The topological polar surface area (TPSA) is 231 Å². The van der Waals surface area contributed by atoms with Crippen LogP contribution >= 0.6 is 15.6 Å². The van der Waals surface area contributed by atoms with Gasteiger partial charge in [-0.1, -0.05) is 285 Å². The van der Waals surface area contributed by atoms with Gasteiger partial charge in [0.05, 0.1) is 26.4 Å². The normalized spacial score (nSPS) is 14.7. The van der Waals surface area contributed by atoms with E-state index in [2.05, 4.69) is 118 Å². The predicted octanol–water partition coefficient (Wildman–Crippen LogP) is 20.6. The third kappa shape index (κ3) is 69.6. The van der Waals surface area contributed by atoms with Crippen LogP contribution in [0.1, 0.15) is 303 Å². The molecule has 0 bridgehead atoms. The average Bonchev–Trinajstić information content (AvgIpc) is 2.91. The molecule has 93 heavy (non-hydrogen) atoms. The van der Waals surface area contributed by atoms with Gasteiger partial charge in [-0.15, -0.1) is 0 Å². The molecule has 0 radical (unpaired) electrons. The summed E-state index contributed by atoms with van der Waals surface area (Å²) >= 11 is 0. The Bertz CT molecular complexity index is 2080. The molecule has 18 heteroatoms. The number of aliphatic hydroxyl groups excluding tert-OH is 2. The third-order valence-corrected chi connectivity index (χ3v) is 17.2. The molecule has 0 aromatic rings. The molecule has 5 unspecified atom stereocenters. The number of hydrogen-bond acceptors (Lipinski definition) is 14. The molecular formula is C75H132O16P2. The number of carbonyl (C=O) groups excluding carboxylic acids is 3. The first-order valence-corrected chi connectivity index (χ1v) is 39.5. The summed E-state index contributed by atoms with van der Waals surface area (Å²) in [6.45, 7) is 2.49. The Labute approximate surface area is 565 Å². The van der Waals surface area contributed by atoms with E-state index in [9.17, 15) is 43.5 Å². The molecule has 5 atom stereocenters. The van der Waals surface area contributed by atoms with E-state index in [1.54, 1.807) is 0 Å². The van der Waals surface area contributed by atoms with Gasteiger partial charge in [0.25, 0.3) is 0 Å². The van der Waals surface area contributed by atoms with Crippen molar-refractivity contribution in [1.29, 1.82) is 0 Å². The lowest BCUT2D eigenvalue weighted by molar-refractivity contribution is -0.161. The first kappa shape index (κ1) is 89.5. The van der Waals surface area contributed by atoms with E-state index in [4.69, 9.17) is 32.3 Å². The molecule has 0 aliphatic carbocycles. The number of unbranched alkanes of at least 4 members (excludes halogenated alkanes) is 30. The van der Waals surface area contributed by atoms with E-state index < -0.39 is 91.5 Å². The molecule has 16 nitrogen and oxygen atoms in total. The molecule has 0 fully saturated rings. The quantitative estimate of drug-likeness (QED) is 0.0146. The van der Waals surface area contributed by atoms with Gasteiger partial charge in [-0.2, -0.15) is 0 Å². The summed E-state index contributed by atoms with van der Waals surface area (Å²) in [6.07, 6.45) is 76.1. The van der Waals surface area contributed by atoms with E-state index >= 15 is 0 Å². The van der Waals surface area contributed by atoms with Crippen molar-refractivity contribution >= 4 is 33.6 Å². The number of carbonyl (C=O) groups is 3. The summed E-state index contributed by atoms with van der Waals surface area (Å²) in [5.74, 6) is -1.58. The summed E-state index contributed by atoms with van der Waals surface area (Å²) in [7, 11) is -9.77. The highest BCUT2D eigenvalue weighted by Crippen LogP contribution is 2.45. The van der Waals surface area contributed by atoms with Crippen LogP contribution in [0.2, 0.25) is 0 Å². The molecule has 0 saturated heterocycles. The van der Waals surface area contributed by atoms with E-state index in [-0.39, 0.29) is 19.3 Å². The minimum Gasteiger partial charge on any atom is -0.463 e. The predicted molar refractivity (Wildman–Crippen MR) is 381 cm³/mol. The van der Waals surface area contributed by atoms with Crippen molar-refractivity contribution in [2.24, 2.45) is 0 Å². The van der Waals surface area contributed by atoms with Gasteiger partial charge in [-0.05, 0) is 96.3 Å². The number of esters is 3.